The Hall–Kier alpha value is -2.19. The van der Waals surface area contributed by atoms with Crippen LogP contribution in [0.25, 0.3) is 10.8 Å². The number of pyridine rings is 1. The summed E-state index contributed by atoms with van der Waals surface area (Å²) < 4.78 is 28.5. The van der Waals surface area contributed by atoms with Crippen LogP contribution in [0.5, 0.6) is 5.75 Å². The maximum atomic E-state index is 11.4. The van der Waals surface area contributed by atoms with Crippen LogP contribution in [0.1, 0.15) is 12.0 Å². The molecular weight excluding hydrogens is 388 g/mol. The maximum Gasteiger partial charge on any atom is 0.238 e. The minimum atomic E-state index is -3.72. The van der Waals surface area contributed by atoms with Crippen molar-refractivity contribution in [1.29, 1.82) is 0 Å². The summed E-state index contributed by atoms with van der Waals surface area (Å²) in [5.41, 5.74) is 1.07. The van der Waals surface area contributed by atoms with Gasteiger partial charge in [-0.1, -0.05) is 18.2 Å². The first-order valence-corrected chi connectivity index (χ1v) is 9.73. The van der Waals surface area contributed by atoms with Crippen molar-refractivity contribution in [3.63, 3.8) is 0 Å². The second-order valence-electron chi connectivity index (χ2n) is 6.08. The van der Waals surface area contributed by atoms with Gasteiger partial charge in [0.25, 0.3) is 0 Å². The molecule has 0 saturated heterocycles. The molecule has 144 valence electrons. The first-order valence-electron chi connectivity index (χ1n) is 8.18. The first kappa shape index (κ1) is 21.1. The quantitative estimate of drug-likeness (QED) is 0.625. The van der Waals surface area contributed by atoms with Crippen LogP contribution in [-0.4, -0.2) is 31.2 Å². The molecule has 2 aromatic carbocycles. The topological polar surface area (TPSA) is 103 Å². The molecule has 0 aliphatic carbocycles. The molecule has 3 N–H and O–H groups in total. The SMILES string of the molecule is Cl.NS(=O)(=O)c1ccc2cc(OC[C@H](O)CCc3cccnc3)ccc2c1. The predicted octanol–water partition coefficient (Wildman–Crippen LogP) is 2.68. The van der Waals surface area contributed by atoms with Gasteiger partial charge in [0.2, 0.25) is 10.0 Å². The van der Waals surface area contributed by atoms with E-state index in [1.165, 1.54) is 12.1 Å². The zero-order valence-electron chi connectivity index (χ0n) is 14.5. The lowest BCUT2D eigenvalue weighted by atomic mass is 10.1. The number of aromatic nitrogens is 1. The highest BCUT2D eigenvalue weighted by atomic mass is 35.5. The monoisotopic (exact) mass is 408 g/mol. The zero-order chi connectivity index (χ0) is 18.6. The predicted molar refractivity (Wildman–Crippen MR) is 107 cm³/mol. The standard InChI is InChI=1S/C19H20N2O4S.ClH/c20-26(23,24)19-8-5-15-10-18(7-4-16(15)11-19)25-13-17(22)6-3-14-2-1-9-21-12-14;/h1-2,4-5,7-12,17,22H,3,6,13H2,(H2,20,23,24);1H/t17-;/m1./s1. The van der Waals surface area contributed by atoms with Crippen molar-refractivity contribution in [2.75, 3.05) is 6.61 Å². The van der Waals surface area contributed by atoms with Crippen LogP contribution in [0, 0.1) is 0 Å². The minimum Gasteiger partial charge on any atom is -0.491 e. The number of aliphatic hydroxyl groups is 1. The van der Waals surface area contributed by atoms with Crippen molar-refractivity contribution in [2.24, 2.45) is 5.14 Å². The van der Waals surface area contributed by atoms with Gasteiger partial charge in [-0.05, 0) is 59.5 Å². The minimum absolute atomic E-state index is 0. The number of benzene rings is 2. The van der Waals surface area contributed by atoms with Gasteiger partial charge in [-0.15, -0.1) is 12.4 Å². The average molecular weight is 409 g/mol. The number of fused-ring (bicyclic) bond motifs is 1. The molecule has 0 radical (unpaired) electrons. The lowest BCUT2D eigenvalue weighted by Crippen LogP contribution is -2.18. The third-order valence-electron chi connectivity index (χ3n) is 4.04. The van der Waals surface area contributed by atoms with Crippen LogP contribution in [0.3, 0.4) is 0 Å². The summed E-state index contributed by atoms with van der Waals surface area (Å²) in [4.78, 5) is 4.12. The fourth-order valence-electron chi connectivity index (χ4n) is 2.62. The molecule has 8 heteroatoms. The Labute approximate surface area is 164 Å². The van der Waals surface area contributed by atoms with Gasteiger partial charge >= 0.3 is 0 Å². The van der Waals surface area contributed by atoms with Crippen LogP contribution < -0.4 is 9.88 Å². The first-order chi connectivity index (χ1) is 12.4. The Kier molecular flexibility index (Phi) is 7.15. The second-order valence-corrected chi connectivity index (χ2v) is 7.64. The molecule has 1 heterocycles. The fourth-order valence-corrected chi connectivity index (χ4v) is 3.17. The molecule has 0 aliphatic rings. The van der Waals surface area contributed by atoms with Gasteiger partial charge in [0.05, 0.1) is 11.0 Å². The number of nitrogens with zero attached hydrogens (tertiary/aromatic N) is 1. The maximum absolute atomic E-state index is 11.4. The van der Waals surface area contributed by atoms with Gasteiger partial charge < -0.3 is 9.84 Å². The number of sulfonamides is 1. The second kappa shape index (κ2) is 9.14. The lowest BCUT2D eigenvalue weighted by Gasteiger charge is -2.13. The molecule has 6 nitrogen and oxygen atoms in total. The van der Waals surface area contributed by atoms with Gasteiger partial charge in [0.1, 0.15) is 12.4 Å². The van der Waals surface area contributed by atoms with Crippen molar-refractivity contribution >= 4 is 33.2 Å². The number of nitrogens with two attached hydrogens (primary N) is 1. The van der Waals surface area contributed by atoms with E-state index in [1.807, 2.05) is 12.1 Å². The number of aryl methyl sites for hydroxylation is 1. The van der Waals surface area contributed by atoms with Crippen molar-refractivity contribution in [3.8, 4) is 5.75 Å². The van der Waals surface area contributed by atoms with Crippen LogP contribution in [0.15, 0.2) is 65.8 Å². The fraction of sp³-hybridized carbons (Fsp3) is 0.211. The van der Waals surface area contributed by atoms with E-state index in [1.54, 1.807) is 36.7 Å². The van der Waals surface area contributed by atoms with Crippen LogP contribution in [0.4, 0.5) is 0 Å². The molecule has 0 amide bonds. The molecule has 0 saturated carbocycles. The van der Waals surface area contributed by atoms with Crippen molar-refractivity contribution in [1.82, 2.24) is 4.98 Å². The smallest absolute Gasteiger partial charge is 0.238 e. The summed E-state index contributed by atoms with van der Waals surface area (Å²) >= 11 is 0. The highest BCUT2D eigenvalue weighted by molar-refractivity contribution is 7.89. The van der Waals surface area contributed by atoms with E-state index < -0.39 is 16.1 Å². The highest BCUT2D eigenvalue weighted by Crippen LogP contribution is 2.23. The number of rotatable bonds is 7. The van der Waals surface area contributed by atoms with Gasteiger partial charge in [-0.2, -0.15) is 0 Å². The van der Waals surface area contributed by atoms with E-state index >= 15 is 0 Å². The van der Waals surface area contributed by atoms with Crippen molar-refractivity contribution in [2.45, 2.75) is 23.8 Å². The van der Waals surface area contributed by atoms with Crippen molar-refractivity contribution < 1.29 is 18.3 Å². The third kappa shape index (κ3) is 5.90. The molecule has 3 rings (SSSR count). The Morgan fingerprint density at radius 3 is 2.56 bits per heavy atom. The Morgan fingerprint density at radius 2 is 1.85 bits per heavy atom. The molecule has 27 heavy (non-hydrogen) atoms. The molecule has 0 bridgehead atoms. The van der Waals surface area contributed by atoms with Crippen LogP contribution in [-0.2, 0) is 16.4 Å². The average Bonchev–Trinajstić information content (AvgIpc) is 2.64. The summed E-state index contributed by atoms with van der Waals surface area (Å²) in [6.07, 6.45) is 4.22. The van der Waals surface area contributed by atoms with E-state index in [-0.39, 0.29) is 23.9 Å². The number of hydrogen-bond acceptors (Lipinski definition) is 5. The summed E-state index contributed by atoms with van der Waals surface area (Å²) in [5.74, 6) is 0.612. The Morgan fingerprint density at radius 1 is 1.11 bits per heavy atom. The Balaban J connectivity index is 0.00000261. The molecule has 0 fully saturated rings. The summed E-state index contributed by atoms with van der Waals surface area (Å²) in [6.45, 7) is 0.182. The van der Waals surface area contributed by atoms with Crippen LogP contribution >= 0.6 is 12.4 Å². The van der Waals surface area contributed by atoms with Gasteiger partial charge in [-0.25, -0.2) is 13.6 Å². The molecular formula is C19H21ClN2O4S. The number of ether oxygens (including phenoxy) is 1. The molecule has 0 aliphatic heterocycles. The highest BCUT2D eigenvalue weighted by Gasteiger charge is 2.10. The number of primary sulfonamides is 1. The van der Waals surface area contributed by atoms with E-state index in [4.69, 9.17) is 9.88 Å². The zero-order valence-corrected chi connectivity index (χ0v) is 16.1. The summed E-state index contributed by atoms with van der Waals surface area (Å²) in [7, 11) is -3.72. The number of hydrogen-bond donors (Lipinski definition) is 2. The van der Waals surface area contributed by atoms with Crippen molar-refractivity contribution in [3.05, 3.63) is 66.5 Å². The Bertz CT molecular complexity index is 997. The third-order valence-corrected chi connectivity index (χ3v) is 4.95. The van der Waals surface area contributed by atoms with Crippen LogP contribution in [0.2, 0.25) is 0 Å². The lowest BCUT2D eigenvalue weighted by molar-refractivity contribution is 0.100. The molecule has 0 unspecified atom stereocenters. The number of aliphatic hydroxyl groups excluding tert-OH is 1. The normalized spacial score (nSPS) is 12.4. The molecule has 1 atom stereocenters. The van der Waals surface area contributed by atoms with Gasteiger partial charge in [0, 0.05) is 12.4 Å². The van der Waals surface area contributed by atoms with E-state index in [0.29, 0.717) is 12.2 Å². The summed E-state index contributed by atoms with van der Waals surface area (Å²) in [6, 6.07) is 13.8. The largest absolute Gasteiger partial charge is 0.491 e. The van der Waals surface area contributed by atoms with E-state index in [0.717, 1.165) is 22.8 Å². The molecule has 3 aromatic rings. The molecule has 1 aromatic heterocycles. The molecule has 0 spiro atoms. The van der Waals surface area contributed by atoms with Gasteiger partial charge in [-0.3, -0.25) is 4.98 Å². The van der Waals surface area contributed by atoms with E-state index in [2.05, 4.69) is 4.98 Å². The van der Waals surface area contributed by atoms with Gasteiger partial charge in [0.15, 0.2) is 0 Å². The number of halogens is 1. The summed E-state index contributed by atoms with van der Waals surface area (Å²) in [5, 5.41) is 16.8. The van der Waals surface area contributed by atoms with E-state index in [9.17, 15) is 13.5 Å².